The fourth-order valence-corrected chi connectivity index (χ4v) is 4.71. The Morgan fingerprint density at radius 3 is 2.43 bits per heavy atom. The molecular weight excluding hydrogens is 496 g/mol. The zero-order valence-electron chi connectivity index (χ0n) is 18.2. The lowest BCUT2D eigenvalue weighted by Gasteiger charge is -2.56. The second kappa shape index (κ2) is 9.23. The first kappa shape index (κ1) is 25.1. The zero-order chi connectivity index (χ0) is 25.4. The van der Waals surface area contributed by atoms with Crippen LogP contribution in [0.2, 0.25) is 5.02 Å². The molecule has 13 heteroatoms. The van der Waals surface area contributed by atoms with Crippen LogP contribution in [0.3, 0.4) is 0 Å². The van der Waals surface area contributed by atoms with Crippen LogP contribution in [-0.4, -0.2) is 50.7 Å². The summed E-state index contributed by atoms with van der Waals surface area (Å²) in [4.78, 5) is 31.9. The van der Waals surface area contributed by atoms with Crippen LogP contribution < -0.4 is 15.4 Å². The molecule has 35 heavy (non-hydrogen) atoms. The average Bonchev–Trinajstić information content (AvgIpc) is 2.80. The van der Waals surface area contributed by atoms with Gasteiger partial charge in [-0.05, 0) is 44.2 Å². The lowest BCUT2D eigenvalue weighted by Crippen LogP contribution is -2.70. The van der Waals surface area contributed by atoms with Crippen LogP contribution in [0, 0.1) is 5.82 Å². The number of aliphatic hydroxyl groups is 1. The van der Waals surface area contributed by atoms with Gasteiger partial charge in [0, 0.05) is 11.6 Å². The predicted octanol–water partition coefficient (Wildman–Crippen LogP) is 3.03. The molecule has 2 bridgehead atoms. The van der Waals surface area contributed by atoms with Gasteiger partial charge in [-0.1, -0.05) is 11.6 Å². The number of ether oxygens (including phenoxy) is 1. The molecule has 0 unspecified atom stereocenters. The van der Waals surface area contributed by atoms with Gasteiger partial charge in [0.1, 0.15) is 17.3 Å². The summed E-state index contributed by atoms with van der Waals surface area (Å²) in [7, 11) is 0. The smallest absolute Gasteiger partial charge is 0.434 e. The lowest BCUT2D eigenvalue weighted by molar-refractivity contribution is -0.141. The predicted molar refractivity (Wildman–Crippen MR) is 114 cm³/mol. The fourth-order valence-electron chi connectivity index (χ4n) is 4.59. The number of carbonyl (C=O) groups excluding carboxylic acids is 2. The van der Waals surface area contributed by atoms with E-state index in [0.717, 1.165) is 12.3 Å². The van der Waals surface area contributed by atoms with Crippen molar-refractivity contribution in [3.8, 4) is 5.75 Å². The Labute approximate surface area is 202 Å². The SMILES string of the molecule is O=C(COc1ccc(Cl)c(F)c1)NC12CCC(NC(=O)c3cnc(C(F)(F)F)cn3)(CC1)C[C@@H]2O. The number of aliphatic hydroxyl groups excluding tert-OH is 1. The summed E-state index contributed by atoms with van der Waals surface area (Å²) in [5, 5.41) is 16.3. The number of carbonyl (C=O) groups is 2. The maximum atomic E-state index is 13.5. The third-order valence-electron chi connectivity index (χ3n) is 6.52. The van der Waals surface area contributed by atoms with Gasteiger partial charge in [-0.2, -0.15) is 13.2 Å². The van der Waals surface area contributed by atoms with E-state index in [0.29, 0.717) is 31.9 Å². The molecule has 2 aromatic rings. The van der Waals surface area contributed by atoms with Crippen molar-refractivity contribution >= 4 is 23.4 Å². The van der Waals surface area contributed by atoms with Gasteiger partial charge in [0.05, 0.1) is 29.1 Å². The highest BCUT2D eigenvalue weighted by Gasteiger charge is 2.55. The number of amides is 2. The number of halogens is 5. The Balaban J connectivity index is 1.34. The molecule has 3 aliphatic rings. The van der Waals surface area contributed by atoms with E-state index in [1.54, 1.807) is 0 Å². The summed E-state index contributed by atoms with van der Waals surface area (Å²) in [5.41, 5.74) is -3.17. The molecule has 5 rings (SSSR count). The second-order valence-electron chi connectivity index (χ2n) is 8.81. The Morgan fingerprint density at radius 1 is 1.14 bits per heavy atom. The first-order chi connectivity index (χ1) is 16.4. The quantitative estimate of drug-likeness (QED) is 0.509. The fraction of sp³-hybridized carbons (Fsp3) is 0.455. The molecule has 0 spiro atoms. The Morgan fingerprint density at radius 2 is 1.86 bits per heavy atom. The molecular formula is C22H21ClF4N4O4. The second-order valence-corrected chi connectivity index (χ2v) is 9.22. The Kier molecular flexibility index (Phi) is 6.62. The van der Waals surface area contributed by atoms with Crippen LogP contribution in [0.1, 0.15) is 48.3 Å². The normalized spacial score (nSPS) is 25.7. The van der Waals surface area contributed by atoms with Crippen molar-refractivity contribution in [3.63, 3.8) is 0 Å². The van der Waals surface area contributed by atoms with E-state index in [1.165, 1.54) is 12.1 Å². The molecule has 1 heterocycles. The van der Waals surface area contributed by atoms with E-state index in [-0.39, 0.29) is 22.9 Å². The van der Waals surface area contributed by atoms with Gasteiger partial charge in [-0.15, -0.1) is 0 Å². The third kappa shape index (κ3) is 5.32. The van der Waals surface area contributed by atoms with Crippen LogP contribution in [-0.2, 0) is 11.0 Å². The van der Waals surface area contributed by atoms with E-state index in [1.807, 2.05) is 0 Å². The number of hydrogen-bond donors (Lipinski definition) is 3. The zero-order valence-corrected chi connectivity index (χ0v) is 18.9. The molecule has 1 aromatic carbocycles. The van der Waals surface area contributed by atoms with Crippen molar-refractivity contribution in [3.05, 3.63) is 52.8 Å². The number of benzene rings is 1. The molecule has 0 radical (unpaired) electrons. The molecule has 188 valence electrons. The molecule has 0 aliphatic heterocycles. The third-order valence-corrected chi connectivity index (χ3v) is 6.83. The number of hydrogen-bond acceptors (Lipinski definition) is 6. The molecule has 3 fully saturated rings. The minimum absolute atomic E-state index is 0.0748. The topological polar surface area (TPSA) is 113 Å². The van der Waals surface area contributed by atoms with E-state index >= 15 is 0 Å². The number of nitrogens with zero attached hydrogens (tertiary/aromatic N) is 2. The van der Waals surface area contributed by atoms with Crippen LogP contribution >= 0.6 is 11.6 Å². The highest BCUT2D eigenvalue weighted by atomic mass is 35.5. The number of aromatic nitrogens is 2. The van der Waals surface area contributed by atoms with Crippen molar-refractivity contribution < 1.29 is 37.0 Å². The largest absolute Gasteiger partial charge is 0.484 e. The van der Waals surface area contributed by atoms with E-state index < -0.39 is 53.3 Å². The average molecular weight is 517 g/mol. The Bertz CT molecular complexity index is 1120. The number of nitrogens with one attached hydrogen (secondary N) is 2. The van der Waals surface area contributed by atoms with Crippen LogP contribution in [0.5, 0.6) is 5.75 Å². The van der Waals surface area contributed by atoms with Crippen LogP contribution in [0.25, 0.3) is 0 Å². The number of alkyl halides is 3. The summed E-state index contributed by atoms with van der Waals surface area (Å²) >= 11 is 5.62. The monoisotopic (exact) mass is 516 g/mol. The van der Waals surface area contributed by atoms with E-state index in [4.69, 9.17) is 16.3 Å². The van der Waals surface area contributed by atoms with Crippen molar-refractivity contribution in [2.24, 2.45) is 0 Å². The van der Waals surface area contributed by atoms with Gasteiger partial charge in [-0.25, -0.2) is 14.4 Å². The molecule has 0 saturated heterocycles. The van der Waals surface area contributed by atoms with Gasteiger partial charge >= 0.3 is 6.18 Å². The minimum Gasteiger partial charge on any atom is -0.484 e. The van der Waals surface area contributed by atoms with Gasteiger partial charge in [0.2, 0.25) is 0 Å². The molecule has 8 nitrogen and oxygen atoms in total. The molecule has 3 saturated carbocycles. The molecule has 1 atom stereocenters. The molecule has 3 N–H and O–H groups in total. The van der Waals surface area contributed by atoms with E-state index in [2.05, 4.69) is 20.6 Å². The van der Waals surface area contributed by atoms with Gasteiger partial charge in [0.25, 0.3) is 11.8 Å². The molecule has 3 aliphatic carbocycles. The van der Waals surface area contributed by atoms with Crippen LogP contribution in [0.4, 0.5) is 17.6 Å². The first-order valence-electron chi connectivity index (χ1n) is 10.7. The van der Waals surface area contributed by atoms with Gasteiger partial charge < -0.3 is 20.5 Å². The van der Waals surface area contributed by atoms with E-state index in [9.17, 15) is 32.3 Å². The first-order valence-corrected chi connectivity index (χ1v) is 11.1. The molecule has 2 amide bonds. The van der Waals surface area contributed by atoms with Crippen LogP contribution in [0.15, 0.2) is 30.6 Å². The molecule has 1 aromatic heterocycles. The standard InChI is InChI=1S/C22H21ClF4N4O4/c23-13-2-1-12(7-14(13)24)35-11-18(33)30-21-5-3-20(4-6-21,8-17(21)32)31-19(34)15-9-29-16(10-28-15)22(25,26)27/h1-2,7,9-10,17,32H,3-6,8,11H2,(H,30,33)(H,31,34)/t17-,20?,21?/m0/s1. The summed E-state index contributed by atoms with van der Waals surface area (Å²) in [6, 6.07) is 3.78. The highest BCUT2D eigenvalue weighted by molar-refractivity contribution is 6.30. The van der Waals surface area contributed by atoms with Crippen molar-refractivity contribution in [1.29, 1.82) is 0 Å². The Hall–Kier alpha value is -2.99. The van der Waals surface area contributed by atoms with Gasteiger partial charge in [0.15, 0.2) is 12.3 Å². The summed E-state index contributed by atoms with van der Waals surface area (Å²) in [6.45, 7) is -0.399. The summed E-state index contributed by atoms with van der Waals surface area (Å²) < 4.78 is 56.8. The summed E-state index contributed by atoms with van der Waals surface area (Å²) in [6.07, 6.45) is -2.71. The minimum atomic E-state index is -4.67. The van der Waals surface area contributed by atoms with Gasteiger partial charge in [-0.3, -0.25) is 9.59 Å². The summed E-state index contributed by atoms with van der Waals surface area (Å²) in [5.74, 6) is -1.75. The number of fused-ring (bicyclic) bond motifs is 3. The maximum absolute atomic E-state index is 13.5. The highest BCUT2D eigenvalue weighted by Crippen LogP contribution is 2.47. The van der Waals surface area contributed by atoms with Crippen molar-refractivity contribution in [2.75, 3.05) is 6.61 Å². The lowest BCUT2D eigenvalue weighted by atomic mass is 9.60. The maximum Gasteiger partial charge on any atom is 0.434 e. The number of rotatable bonds is 6. The van der Waals surface area contributed by atoms with Crippen molar-refractivity contribution in [2.45, 2.75) is 55.5 Å². The van der Waals surface area contributed by atoms with Crippen molar-refractivity contribution in [1.82, 2.24) is 20.6 Å².